The van der Waals surface area contributed by atoms with Gasteiger partial charge in [0.15, 0.2) is 0 Å². The minimum atomic E-state index is -0.488. The van der Waals surface area contributed by atoms with Crippen LogP contribution in [-0.4, -0.2) is 37.3 Å². The lowest BCUT2D eigenvalue weighted by Gasteiger charge is -2.30. The molecule has 0 saturated heterocycles. The number of aromatic amines is 1. The number of aromatic nitrogens is 1. The first-order valence-corrected chi connectivity index (χ1v) is 9.55. The number of rotatable bonds is 5. The highest BCUT2D eigenvalue weighted by Crippen LogP contribution is 2.45. The zero-order valence-corrected chi connectivity index (χ0v) is 15.7. The summed E-state index contributed by atoms with van der Waals surface area (Å²) in [5, 5.41) is 7.77. The summed E-state index contributed by atoms with van der Waals surface area (Å²) in [5.74, 6) is 0.831. The van der Waals surface area contributed by atoms with Gasteiger partial charge in [-0.25, -0.2) is 0 Å². The Morgan fingerprint density at radius 1 is 1.29 bits per heavy atom. The normalized spacial score (nSPS) is 19.7. The van der Waals surface area contributed by atoms with E-state index >= 15 is 0 Å². The lowest BCUT2D eigenvalue weighted by molar-refractivity contribution is -0.109. The molecule has 1 amide bonds. The van der Waals surface area contributed by atoms with Crippen LogP contribution in [0.25, 0.3) is 10.9 Å². The number of carbonyl (C=O) groups excluding carboxylic acids is 1. The van der Waals surface area contributed by atoms with Crippen LogP contribution in [0.4, 0.5) is 5.69 Å². The highest BCUT2D eigenvalue weighted by molar-refractivity contribution is 6.17. The van der Waals surface area contributed by atoms with E-state index in [1.165, 1.54) is 10.9 Å². The molecule has 2 aliphatic rings. The van der Waals surface area contributed by atoms with Gasteiger partial charge in [-0.3, -0.25) is 9.79 Å². The molecule has 0 spiro atoms. The van der Waals surface area contributed by atoms with Crippen LogP contribution in [0.2, 0.25) is 0 Å². The maximum Gasteiger partial charge on any atom is 0.207 e. The van der Waals surface area contributed by atoms with Crippen LogP contribution < -0.4 is 15.4 Å². The van der Waals surface area contributed by atoms with Crippen LogP contribution in [0, 0.1) is 0 Å². The van der Waals surface area contributed by atoms with Crippen molar-refractivity contribution in [1.29, 1.82) is 0 Å². The summed E-state index contributed by atoms with van der Waals surface area (Å²) in [5.41, 5.74) is 6.25. The second kappa shape index (κ2) is 6.41. The van der Waals surface area contributed by atoms with Crippen LogP contribution >= 0.6 is 0 Å². The van der Waals surface area contributed by atoms with Gasteiger partial charge in [0.2, 0.25) is 6.41 Å². The first-order valence-electron chi connectivity index (χ1n) is 9.55. The number of amides is 1. The van der Waals surface area contributed by atoms with Gasteiger partial charge in [-0.15, -0.1) is 0 Å². The molecule has 142 valence electrons. The average Bonchev–Trinajstić information content (AvgIpc) is 3.20. The summed E-state index contributed by atoms with van der Waals surface area (Å²) in [7, 11) is 1.68. The highest BCUT2D eigenvalue weighted by Gasteiger charge is 2.47. The molecule has 0 radical (unpaired) electrons. The maximum atomic E-state index is 10.9. The Hall–Kier alpha value is -3.28. The number of nitrogens with one attached hydrogen (secondary N) is 3. The van der Waals surface area contributed by atoms with Crippen molar-refractivity contribution >= 4 is 28.7 Å². The average molecular weight is 374 g/mol. The molecule has 28 heavy (non-hydrogen) atoms. The number of anilines is 1. The summed E-state index contributed by atoms with van der Waals surface area (Å²) < 4.78 is 5.41. The van der Waals surface area contributed by atoms with Crippen molar-refractivity contribution in [3.8, 4) is 5.75 Å². The lowest BCUT2D eigenvalue weighted by atomic mass is 9.84. The first kappa shape index (κ1) is 16.9. The number of hydrogen-bond donors (Lipinski definition) is 3. The number of para-hydroxylation sites is 1. The molecule has 2 aromatic carbocycles. The molecule has 1 atom stereocenters. The molecule has 3 heterocycles. The van der Waals surface area contributed by atoms with Crippen molar-refractivity contribution in [2.75, 3.05) is 25.5 Å². The standard InChI is InChI=1S/C22H22N4O2/c1-28-14-6-7-15-16-8-10-24-20-17-4-2-3-5-18(17)26-22(20,9-11-23-13-27)21(16)25-19(15)12-14/h2-7,12-13,25-26H,8-11H2,1H3,(H,23,27)/t22-/m0/s1. The van der Waals surface area contributed by atoms with E-state index in [1.807, 2.05) is 24.3 Å². The van der Waals surface area contributed by atoms with Crippen molar-refractivity contribution in [2.45, 2.75) is 18.4 Å². The van der Waals surface area contributed by atoms with E-state index in [9.17, 15) is 4.79 Å². The van der Waals surface area contributed by atoms with Crippen LogP contribution in [0.3, 0.4) is 0 Å². The van der Waals surface area contributed by atoms with Gasteiger partial charge >= 0.3 is 0 Å². The van der Waals surface area contributed by atoms with Gasteiger partial charge in [-0.05, 0) is 36.6 Å². The molecule has 6 heteroatoms. The minimum Gasteiger partial charge on any atom is -0.497 e. The molecule has 5 rings (SSSR count). The molecular formula is C22H22N4O2. The first-order chi connectivity index (χ1) is 13.8. The number of hydrogen-bond acceptors (Lipinski definition) is 4. The summed E-state index contributed by atoms with van der Waals surface area (Å²) in [6.07, 6.45) is 2.33. The molecule has 0 bridgehead atoms. The predicted molar refractivity (Wildman–Crippen MR) is 110 cm³/mol. The van der Waals surface area contributed by atoms with E-state index in [4.69, 9.17) is 9.73 Å². The third-order valence-electron chi connectivity index (χ3n) is 5.83. The summed E-state index contributed by atoms with van der Waals surface area (Å²) in [6.45, 7) is 1.29. The number of aliphatic imine (C=N–C) groups is 1. The zero-order valence-electron chi connectivity index (χ0n) is 15.7. The van der Waals surface area contributed by atoms with Gasteiger partial charge in [0.05, 0.1) is 18.5 Å². The van der Waals surface area contributed by atoms with Crippen LogP contribution in [0.5, 0.6) is 5.75 Å². The Bertz CT molecular complexity index is 1100. The second-order valence-corrected chi connectivity index (χ2v) is 7.27. The Balaban J connectivity index is 1.73. The topological polar surface area (TPSA) is 78.5 Å². The van der Waals surface area contributed by atoms with Gasteiger partial charge in [0.1, 0.15) is 11.3 Å². The third-order valence-corrected chi connectivity index (χ3v) is 5.83. The fraction of sp³-hybridized carbons (Fsp3) is 0.273. The Kier molecular flexibility index (Phi) is 3.86. The number of methoxy groups -OCH3 is 1. The number of benzene rings is 2. The van der Waals surface area contributed by atoms with Crippen LogP contribution in [0.15, 0.2) is 47.5 Å². The molecular weight excluding hydrogens is 352 g/mol. The zero-order chi connectivity index (χ0) is 19.1. The quantitative estimate of drug-likeness (QED) is 0.475. The molecule has 0 fully saturated rings. The van der Waals surface area contributed by atoms with Gasteiger partial charge in [0.25, 0.3) is 0 Å². The fourth-order valence-electron chi connectivity index (χ4n) is 4.61. The molecule has 3 N–H and O–H groups in total. The van der Waals surface area contributed by atoms with Crippen molar-refractivity contribution in [1.82, 2.24) is 10.3 Å². The molecule has 0 unspecified atom stereocenters. The Morgan fingerprint density at radius 3 is 3.04 bits per heavy atom. The van der Waals surface area contributed by atoms with Crippen molar-refractivity contribution in [2.24, 2.45) is 4.99 Å². The molecule has 1 aromatic heterocycles. The summed E-state index contributed by atoms with van der Waals surface area (Å²) in [4.78, 5) is 19.6. The van der Waals surface area contributed by atoms with Gasteiger partial charge in [0, 0.05) is 41.3 Å². The number of H-pyrrole nitrogens is 1. The van der Waals surface area contributed by atoms with Crippen molar-refractivity contribution in [3.63, 3.8) is 0 Å². The molecule has 0 saturated carbocycles. The molecule has 0 aliphatic carbocycles. The number of nitrogens with zero attached hydrogens (tertiary/aromatic N) is 1. The van der Waals surface area contributed by atoms with E-state index in [0.717, 1.165) is 53.3 Å². The minimum absolute atomic E-state index is 0.488. The third kappa shape index (κ3) is 2.34. The SMILES string of the molecule is COc1ccc2c3c([nH]c2c1)[C@@]1(CCNC=O)Nc2ccccc2C1=NCC3. The monoisotopic (exact) mass is 374 g/mol. The Labute approximate surface area is 163 Å². The molecule has 6 nitrogen and oxygen atoms in total. The van der Waals surface area contributed by atoms with E-state index in [2.05, 4.69) is 33.8 Å². The molecule has 3 aromatic rings. The van der Waals surface area contributed by atoms with Crippen molar-refractivity contribution in [3.05, 3.63) is 59.3 Å². The lowest BCUT2D eigenvalue weighted by Crippen LogP contribution is -2.42. The largest absolute Gasteiger partial charge is 0.497 e. The van der Waals surface area contributed by atoms with E-state index < -0.39 is 5.54 Å². The van der Waals surface area contributed by atoms with Crippen LogP contribution in [-0.2, 0) is 16.8 Å². The summed E-state index contributed by atoms with van der Waals surface area (Å²) >= 11 is 0. The van der Waals surface area contributed by atoms with E-state index in [-0.39, 0.29) is 0 Å². The maximum absolute atomic E-state index is 10.9. The number of fused-ring (bicyclic) bond motifs is 7. The van der Waals surface area contributed by atoms with E-state index in [1.54, 1.807) is 7.11 Å². The van der Waals surface area contributed by atoms with Gasteiger partial charge < -0.3 is 20.4 Å². The second-order valence-electron chi connectivity index (χ2n) is 7.27. The number of ether oxygens (including phenoxy) is 1. The van der Waals surface area contributed by atoms with Gasteiger partial charge in [-0.2, -0.15) is 0 Å². The Morgan fingerprint density at radius 2 is 2.18 bits per heavy atom. The van der Waals surface area contributed by atoms with Crippen LogP contribution in [0.1, 0.15) is 23.2 Å². The number of carbonyl (C=O) groups is 1. The smallest absolute Gasteiger partial charge is 0.207 e. The predicted octanol–water partition coefficient (Wildman–Crippen LogP) is 2.98. The molecule has 2 aliphatic heterocycles. The van der Waals surface area contributed by atoms with Gasteiger partial charge in [-0.1, -0.05) is 18.2 Å². The van der Waals surface area contributed by atoms with E-state index in [0.29, 0.717) is 13.0 Å². The van der Waals surface area contributed by atoms with Crippen molar-refractivity contribution < 1.29 is 9.53 Å². The fourth-order valence-corrected chi connectivity index (χ4v) is 4.61. The summed E-state index contributed by atoms with van der Waals surface area (Å²) in [6, 6.07) is 14.4. The highest BCUT2D eigenvalue weighted by atomic mass is 16.5.